The quantitative estimate of drug-likeness (QED) is 0.520. The van der Waals surface area contributed by atoms with Crippen LogP contribution in [0, 0.1) is 5.92 Å². The summed E-state index contributed by atoms with van der Waals surface area (Å²) in [4.78, 5) is 0. The highest BCUT2D eigenvalue weighted by atomic mass is 16.3. The first-order valence-corrected chi connectivity index (χ1v) is 2.99. The van der Waals surface area contributed by atoms with Gasteiger partial charge in [-0.05, 0) is 12.0 Å². The largest absolute Gasteiger partial charge is 0.508 e. The fourth-order valence-corrected chi connectivity index (χ4v) is 0.829. The van der Waals surface area contributed by atoms with E-state index in [9.17, 15) is 0 Å². The highest BCUT2D eigenvalue weighted by Crippen LogP contribution is 2.18. The molecule has 0 unspecified atom stereocenters. The summed E-state index contributed by atoms with van der Waals surface area (Å²) in [7, 11) is 0. The molecule has 2 heteroatoms. The summed E-state index contributed by atoms with van der Waals surface area (Å²) in [6.07, 6.45) is 3.96. The lowest BCUT2D eigenvalue weighted by atomic mass is 10.0. The number of hydrogen-bond acceptors (Lipinski definition) is 2. The van der Waals surface area contributed by atoms with E-state index >= 15 is 0 Å². The van der Waals surface area contributed by atoms with Crippen LogP contribution < -0.4 is 0 Å². The van der Waals surface area contributed by atoms with E-state index < -0.39 is 0 Å². The predicted octanol–water partition coefficient (Wildman–Crippen LogP) is 1.91. The molecule has 0 amide bonds. The van der Waals surface area contributed by atoms with Crippen molar-refractivity contribution >= 4 is 0 Å². The molecule has 9 heavy (non-hydrogen) atoms. The van der Waals surface area contributed by atoms with Gasteiger partial charge in [-0.1, -0.05) is 13.0 Å². The summed E-state index contributed by atoms with van der Waals surface area (Å²) in [5.74, 6) is 0.457. The van der Waals surface area contributed by atoms with Gasteiger partial charge in [0.05, 0.1) is 0 Å². The Bertz CT molecular complexity index is 168. The topological polar surface area (TPSA) is 40.5 Å². The second kappa shape index (κ2) is 2.13. The van der Waals surface area contributed by atoms with Gasteiger partial charge in [-0.3, -0.25) is 0 Å². The number of aliphatic hydroxyl groups excluding tert-OH is 2. The summed E-state index contributed by atoms with van der Waals surface area (Å²) in [5.41, 5.74) is 0. The zero-order valence-electron chi connectivity index (χ0n) is 5.33. The highest BCUT2D eigenvalue weighted by molar-refractivity contribution is 5.19. The fraction of sp³-hybridized carbons (Fsp3) is 0.429. The van der Waals surface area contributed by atoms with Gasteiger partial charge in [-0.25, -0.2) is 0 Å². The minimum atomic E-state index is 0.00750. The van der Waals surface area contributed by atoms with Crippen LogP contribution in [0.2, 0.25) is 0 Å². The van der Waals surface area contributed by atoms with Gasteiger partial charge < -0.3 is 10.2 Å². The molecule has 0 spiro atoms. The van der Waals surface area contributed by atoms with E-state index in [1.807, 2.05) is 13.0 Å². The van der Waals surface area contributed by atoms with Crippen LogP contribution in [0.25, 0.3) is 0 Å². The Morgan fingerprint density at radius 3 is 2.67 bits per heavy atom. The Labute approximate surface area is 54.1 Å². The molecule has 0 aromatic carbocycles. The van der Waals surface area contributed by atoms with Crippen LogP contribution in [0.3, 0.4) is 0 Å². The van der Waals surface area contributed by atoms with E-state index in [1.54, 1.807) is 0 Å². The third kappa shape index (κ3) is 1.25. The van der Waals surface area contributed by atoms with Gasteiger partial charge in [0.1, 0.15) is 5.76 Å². The third-order valence-corrected chi connectivity index (χ3v) is 1.39. The van der Waals surface area contributed by atoms with Crippen molar-refractivity contribution < 1.29 is 10.2 Å². The summed E-state index contributed by atoms with van der Waals surface area (Å²) >= 11 is 0. The Balaban J connectivity index is 2.75. The maximum absolute atomic E-state index is 8.93. The zero-order chi connectivity index (χ0) is 6.85. The molecule has 0 aliphatic heterocycles. The van der Waals surface area contributed by atoms with E-state index in [2.05, 4.69) is 0 Å². The van der Waals surface area contributed by atoms with Crippen molar-refractivity contribution in [2.45, 2.75) is 13.3 Å². The maximum Gasteiger partial charge on any atom is 0.152 e. The minimum Gasteiger partial charge on any atom is -0.508 e. The van der Waals surface area contributed by atoms with Crippen molar-refractivity contribution in [2.24, 2.45) is 5.92 Å². The van der Waals surface area contributed by atoms with E-state index in [-0.39, 0.29) is 11.5 Å². The van der Waals surface area contributed by atoms with Crippen molar-refractivity contribution in [2.75, 3.05) is 0 Å². The molecule has 0 bridgehead atoms. The molecule has 1 aliphatic rings. The molecule has 1 aliphatic carbocycles. The van der Waals surface area contributed by atoms with Crippen LogP contribution in [-0.4, -0.2) is 10.2 Å². The van der Waals surface area contributed by atoms with Crippen LogP contribution >= 0.6 is 0 Å². The lowest BCUT2D eigenvalue weighted by Gasteiger charge is -2.10. The average Bonchev–Trinajstić information content (AvgIpc) is 1.80. The van der Waals surface area contributed by atoms with E-state index in [4.69, 9.17) is 10.2 Å². The van der Waals surface area contributed by atoms with E-state index in [0.29, 0.717) is 12.3 Å². The first-order chi connectivity index (χ1) is 4.20. The van der Waals surface area contributed by atoms with Gasteiger partial charge in [0.2, 0.25) is 0 Å². The molecule has 2 N–H and O–H groups in total. The number of hydrogen-bond donors (Lipinski definition) is 2. The molecule has 0 aromatic heterocycles. The molecular weight excluding hydrogens is 116 g/mol. The van der Waals surface area contributed by atoms with Crippen molar-refractivity contribution in [1.29, 1.82) is 0 Å². The van der Waals surface area contributed by atoms with Crippen LogP contribution in [0.15, 0.2) is 23.7 Å². The molecule has 0 aromatic rings. The minimum absolute atomic E-state index is 0.00750. The monoisotopic (exact) mass is 126 g/mol. The smallest absolute Gasteiger partial charge is 0.152 e. The predicted molar refractivity (Wildman–Crippen MR) is 35.2 cm³/mol. The summed E-state index contributed by atoms with van der Waals surface area (Å²) in [6.45, 7) is 1.99. The molecule has 0 saturated heterocycles. The third-order valence-electron chi connectivity index (χ3n) is 1.39. The van der Waals surface area contributed by atoms with E-state index in [0.717, 1.165) is 0 Å². The molecule has 0 radical (unpaired) electrons. The molecule has 50 valence electrons. The maximum atomic E-state index is 8.93. The lowest BCUT2D eigenvalue weighted by molar-refractivity contribution is 0.306. The normalized spacial score (nSPS) is 27.0. The van der Waals surface area contributed by atoms with Gasteiger partial charge in [-0.15, -0.1) is 0 Å². The first-order valence-electron chi connectivity index (χ1n) is 2.99. The fourth-order valence-electron chi connectivity index (χ4n) is 0.829. The van der Waals surface area contributed by atoms with Crippen LogP contribution in [-0.2, 0) is 0 Å². The molecule has 1 rings (SSSR count). The van der Waals surface area contributed by atoms with Gasteiger partial charge >= 0.3 is 0 Å². The Morgan fingerprint density at radius 1 is 1.56 bits per heavy atom. The van der Waals surface area contributed by atoms with Gasteiger partial charge in [-0.2, -0.15) is 0 Å². The second-order valence-electron chi connectivity index (χ2n) is 2.37. The van der Waals surface area contributed by atoms with Gasteiger partial charge in [0, 0.05) is 6.42 Å². The van der Waals surface area contributed by atoms with Crippen molar-refractivity contribution in [3.8, 4) is 0 Å². The Morgan fingerprint density at radius 2 is 2.22 bits per heavy atom. The first kappa shape index (κ1) is 6.20. The molecule has 0 saturated carbocycles. The zero-order valence-corrected chi connectivity index (χ0v) is 5.33. The van der Waals surface area contributed by atoms with Crippen LogP contribution in [0.1, 0.15) is 13.3 Å². The summed E-state index contributed by atoms with van der Waals surface area (Å²) in [5, 5.41) is 17.8. The molecule has 0 fully saturated rings. The second-order valence-corrected chi connectivity index (χ2v) is 2.37. The summed E-state index contributed by atoms with van der Waals surface area (Å²) < 4.78 is 0. The van der Waals surface area contributed by atoms with Crippen LogP contribution in [0.5, 0.6) is 0 Å². The van der Waals surface area contributed by atoms with Crippen LogP contribution in [0.4, 0.5) is 0 Å². The highest BCUT2D eigenvalue weighted by Gasteiger charge is 2.09. The van der Waals surface area contributed by atoms with Crippen molar-refractivity contribution in [3.63, 3.8) is 0 Å². The molecule has 1 atom stereocenters. The SMILES string of the molecule is C[C@@H]1C=CC(O)=C(O)C1. The Hall–Kier alpha value is -0.920. The molecular formula is C7H10O2. The van der Waals surface area contributed by atoms with E-state index in [1.165, 1.54) is 6.08 Å². The number of rotatable bonds is 0. The number of aliphatic hydroxyl groups is 2. The Kier molecular flexibility index (Phi) is 1.47. The van der Waals surface area contributed by atoms with Gasteiger partial charge in [0.25, 0.3) is 0 Å². The van der Waals surface area contributed by atoms with Crippen molar-refractivity contribution in [1.82, 2.24) is 0 Å². The summed E-state index contributed by atoms with van der Waals surface area (Å²) in [6, 6.07) is 0. The van der Waals surface area contributed by atoms with Gasteiger partial charge in [0.15, 0.2) is 5.76 Å². The standard InChI is InChI=1S/C7H10O2/c1-5-2-3-6(8)7(9)4-5/h2-3,5,8-9H,4H2,1H3/t5-/m1/s1. The van der Waals surface area contributed by atoms with Crippen molar-refractivity contribution in [3.05, 3.63) is 23.7 Å². The molecule has 2 nitrogen and oxygen atoms in total. The lowest BCUT2D eigenvalue weighted by Crippen LogP contribution is -2.00. The molecule has 0 heterocycles. The average molecular weight is 126 g/mol. The number of allylic oxidation sites excluding steroid dienone is 3.